The molecule has 0 aliphatic carbocycles. The van der Waals surface area contributed by atoms with Crippen LogP contribution in [-0.2, 0) is 10.4 Å². The van der Waals surface area contributed by atoms with Gasteiger partial charge in [-0.05, 0) is 17.0 Å². The zero-order valence-electron chi connectivity index (χ0n) is 15.0. The molecule has 3 rings (SSSR count). The van der Waals surface area contributed by atoms with Crippen LogP contribution in [0.15, 0.2) is 47.8 Å². The zero-order valence-corrected chi connectivity index (χ0v) is 15.8. The Morgan fingerprint density at radius 1 is 1.20 bits per heavy atom. The Labute approximate surface area is 153 Å². The van der Waals surface area contributed by atoms with Gasteiger partial charge < -0.3 is 14.5 Å². The fraction of sp³-hybridized carbons (Fsp3) is 0.450. The highest BCUT2D eigenvalue weighted by Gasteiger charge is 2.43. The molecule has 0 radical (unpaired) electrons. The van der Waals surface area contributed by atoms with E-state index in [2.05, 4.69) is 7.05 Å². The van der Waals surface area contributed by atoms with E-state index in [1.54, 1.807) is 11.9 Å². The molecule has 25 heavy (non-hydrogen) atoms. The fourth-order valence-corrected chi connectivity index (χ4v) is 4.46. The van der Waals surface area contributed by atoms with Crippen molar-refractivity contribution in [3.05, 3.63) is 58.3 Å². The third-order valence-electron chi connectivity index (χ3n) is 5.35. The highest BCUT2D eigenvalue weighted by molar-refractivity contribution is 7.10. The first-order valence-corrected chi connectivity index (χ1v) is 9.75. The fourth-order valence-electron chi connectivity index (χ4n) is 3.63. The minimum Gasteiger partial charge on any atom is -0.371 e. The van der Waals surface area contributed by atoms with Gasteiger partial charge in [-0.15, -0.1) is 11.3 Å². The second-order valence-corrected chi connectivity index (χ2v) is 8.23. The van der Waals surface area contributed by atoms with Gasteiger partial charge in [0.1, 0.15) is 0 Å². The topological polar surface area (TPSA) is 40.5 Å². The number of likely N-dealkylation sites (N-methyl/N-ethyl adjacent to an activating group) is 2. The summed E-state index contributed by atoms with van der Waals surface area (Å²) >= 11 is 1.41. The summed E-state index contributed by atoms with van der Waals surface area (Å²) in [5, 5.41) is 13.3. The van der Waals surface area contributed by atoms with Crippen LogP contribution in [0.2, 0.25) is 0 Å². The molecule has 1 aromatic heterocycles. The first-order valence-electron chi connectivity index (χ1n) is 8.87. The predicted molar refractivity (Wildman–Crippen MR) is 101 cm³/mol. The normalized spacial score (nSPS) is 18.7. The standard InChI is InChI=1S/C20H27N2O2S/c1-21(12-15-22(2)13-6-7-14-22)19(23)20(24,18-11-8-16-25-18)17-9-4-3-5-10-17/h3-5,8-11,16,24H,6-7,12-15H2,1-2H3/q+1. The molecule has 0 bridgehead atoms. The number of rotatable bonds is 6. The third kappa shape index (κ3) is 3.64. The van der Waals surface area contributed by atoms with E-state index < -0.39 is 5.60 Å². The number of carbonyl (C=O) groups excluding carboxylic acids is 1. The van der Waals surface area contributed by atoms with Gasteiger partial charge in [0.05, 0.1) is 38.1 Å². The second kappa shape index (κ2) is 7.28. The van der Waals surface area contributed by atoms with Crippen molar-refractivity contribution in [2.24, 2.45) is 0 Å². The van der Waals surface area contributed by atoms with Gasteiger partial charge in [0.15, 0.2) is 0 Å². The molecule has 1 aliphatic heterocycles. The van der Waals surface area contributed by atoms with Crippen LogP contribution in [0.25, 0.3) is 0 Å². The highest BCUT2D eigenvalue weighted by atomic mass is 32.1. The molecule has 134 valence electrons. The molecule has 2 aromatic rings. The molecular formula is C20H27N2O2S+. The molecular weight excluding hydrogens is 332 g/mol. The van der Waals surface area contributed by atoms with Crippen molar-refractivity contribution in [2.45, 2.75) is 18.4 Å². The van der Waals surface area contributed by atoms with Crippen molar-refractivity contribution in [2.75, 3.05) is 40.3 Å². The average Bonchev–Trinajstić information content (AvgIpc) is 3.32. The van der Waals surface area contributed by atoms with Gasteiger partial charge in [-0.25, -0.2) is 0 Å². The van der Waals surface area contributed by atoms with Crippen molar-refractivity contribution < 1.29 is 14.4 Å². The first kappa shape index (κ1) is 18.1. The summed E-state index contributed by atoms with van der Waals surface area (Å²) in [6.07, 6.45) is 2.52. The number of thiophene rings is 1. The molecule has 1 aliphatic rings. The van der Waals surface area contributed by atoms with Crippen LogP contribution in [0.1, 0.15) is 23.3 Å². The molecule has 0 spiro atoms. The largest absolute Gasteiger partial charge is 0.371 e. The highest BCUT2D eigenvalue weighted by Crippen LogP contribution is 2.34. The van der Waals surface area contributed by atoms with Crippen LogP contribution in [0.4, 0.5) is 0 Å². The van der Waals surface area contributed by atoms with Crippen molar-refractivity contribution in [1.82, 2.24) is 4.90 Å². The smallest absolute Gasteiger partial charge is 0.264 e. The van der Waals surface area contributed by atoms with Crippen LogP contribution in [0.3, 0.4) is 0 Å². The summed E-state index contributed by atoms with van der Waals surface area (Å²) < 4.78 is 1.01. The Kier molecular flexibility index (Phi) is 5.27. The summed E-state index contributed by atoms with van der Waals surface area (Å²) in [5.74, 6) is -0.257. The van der Waals surface area contributed by atoms with E-state index in [1.807, 2.05) is 47.8 Å². The summed E-state index contributed by atoms with van der Waals surface area (Å²) in [4.78, 5) is 15.6. The lowest BCUT2D eigenvalue weighted by atomic mass is 9.90. The summed E-state index contributed by atoms with van der Waals surface area (Å²) in [7, 11) is 4.06. The number of hydrogen-bond acceptors (Lipinski definition) is 3. The molecule has 1 saturated heterocycles. The van der Waals surface area contributed by atoms with Crippen LogP contribution < -0.4 is 0 Å². The van der Waals surface area contributed by atoms with Gasteiger partial charge in [-0.3, -0.25) is 4.79 Å². The van der Waals surface area contributed by atoms with E-state index in [4.69, 9.17) is 0 Å². The Morgan fingerprint density at radius 2 is 1.88 bits per heavy atom. The quantitative estimate of drug-likeness (QED) is 0.806. The number of likely N-dealkylation sites (tertiary alicyclic amines) is 1. The third-order valence-corrected chi connectivity index (χ3v) is 6.33. The number of hydrogen-bond donors (Lipinski definition) is 1. The number of nitrogens with zero attached hydrogens (tertiary/aromatic N) is 2. The molecule has 1 unspecified atom stereocenters. The summed E-state index contributed by atoms with van der Waals surface area (Å²) in [5.41, 5.74) is -0.996. The zero-order chi connectivity index (χ0) is 17.9. The number of amides is 1. The van der Waals surface area contributed by atoms with E-state index in [1.165, 1.54) is 37.3 Å². The van der Waals surface area contributed by atoms with Gasteiger partial charge in [-0.2, -0.15) is 0 Å². The van der Waals surface area contributed by atoms with Gasteiger partial charge in [0, 0.05) is 19.9 Å². The Hall–Kier alpha value is -1.69. The summed E-state index contributed by atoms with van der Waals surface area (Å²) in [6.45, 7) is 3.93. The Balaban J connectivity index is 1.82. The Morgan fingerprint density at radius 3 is 2.48 bits per heavy atom. The summed E-state index contributed by atoms with van der Waals surface area (Å²) in [6, 6.07) is 13.0. The predicted octanol–water partition coefficient (Wildman–Crippen LogP) is 2.68. The minimum absolute atomic E-state index is 0.257. The molecule has 1 atom stereocenters. The van der Waals surface area contributed by atoms with Crippen molar-refractivity contribution in [3.8, 4) is 0 Å². The van der Waals surface area contributed by atoms with Crippen LogP contribution in [-0.4, -0.2) is 60.7 Å². The molecule has 1 N–H and O–H groups in total. The SMILES string of the molecule is CN(CC[N+]1(C)CCCC1)C(=O)C(O)(c1ccccc1)c1cccs1. The lowest BCUT2D eigenvalue weighted by Crippen LogP contribution is -2.51. The maximum atomic E-state index is 13.2. The van der Waals surface area contributed by atoms with Gasteiger partial charge in [-0.1, -0.05) is 36.4 Å². The molecule has 0 saturated carbocycles. The monoisotopic (exact) mass is 359 g/mol. The van der Waals surface area contributed by atoms with Crippen molar-refractivity contribution in [3.63, 3.8) is 0 Å². The van der Waals surface area contributed by atoms with Gasteiger partial charge in [0.25, 0.3) is 5.91 Å². The molecule has 2 heterocycles. The van der Waals surface area contributed by atoms with E-state index in [-0.39, 0.29) is 5.91 Å². The molecule has 5 heteroatoms. The van der Waals surface area contributed by atoms with Crippen LogP contribution in [0, 0.1) is 0 Å². The van der Waals surface area contributed by atoms with Crippen molar-refractivity contribution in [1.29, 1.82) is 0 Å². The van der Waals surface area contributed by atoms with Crippen LogP contribution >= 0.6 is 11.3 Å². The maximum Gasteiger partial charge on any atom is 0.264 e. The molecule has 1 fully saturated rings. The lowest BCUT2D eigenvalue weighted by Gasteiger charge is -2.34. The van der Waals surface area contributed by atoms with Gasteiger partial charge in [0.2, 0.25) is 5.60 Å². The number of carbonyl (C=O) groups is 1. The average molecular weight is 360 g/mol. The first-order chi connectivity index (χ1) is 12.0. The van der Waals surface area contributed by atoms with Crippen LogP contribution in [0.5, 0.6) is 0 Å². The van der Waals surface area contributed by atoms with E-state index >= 15 is 0 Å². The molecule has 1 amide bonds. The minimum atomic E-state index is -1.62. The number of quaternary nitrogens is 1. The van der Waals surface area contributed by atoms with Crippen molar-refractivity contribution >= 4 is 17.2 Å². The van der Waals surface area contributed by atoms with E-state index in [0.29, 0.717) is 17.0 Å². The number of aliphatic hydroxyl groups is 1. The van der Waals surface area contributed by atoms with Gasteiger partial charge >= 0.3 is 0 Å². The Bertz CT molecular complexity index is 696. The lowest BCUT2D eigenvalue weighted by molar-refractivity contribution is -0.897. The van der Waals surface area contributed by atoms with E-state index in [9.17, 15) is 9.90 Å². The second-order valence-electron chi connectivity index (χ2n) is 7.28. The molecule has 1 aromatic carbocycles. The number of benzene rings is 1. The van der Waals surface area contributed by atoms with E-state index in [0.717, 1.165) is 11.0 Å². The maximum absolute atomic E-state index is 13.2. The molecule has 4 nitrogen and oxygen atoms in total.